The summed E-state index contributed by atoms with van der Waals surface area (Å²) < 4.78 is 1.20. The molecule has 0 spiro atoms. The van der Waals surface area contributed by atoms with Crippen LogP contribution in [-0.4, -0.2) is 7.05 Å². The van der Waals surface area contributed by atoms with Gasteiger partial charge in [0.1, 0.15) is 0 Å². The van der Waals surface area contributed by atoms with Crippen LogP contribution in [0.3, 0.4) is 0 Å². The molecular formula is C13H18BrN. The smallest absolute Gasteiger partial charge is 0.0528 e. The van der Waals surface area contributed by atoms with Gasteiger partial charge in [0.05, 0.1) is 6.04 Å². The van der Waals surface area contributed by atoms with Crippen molar-refractivity contribution in [1.29, 1.82) is 0 Å². The lowest BCUT2D eigenvalue weighted by atomic mass is 9.97. The zero-order valence-corrected chi connectivity index (χ0v) is 11.4. The molecule has 0 fully saturated rings. The Morgan fingerprint density at radius 2 is 1.80 bits per heavy atom. The monoisotopic (exact) mass is 267 g/mol. The summed E-state index contributed by atoms with van der Waals surface area (Å²) in [5, 5.41) is 3.28. The summed E-state index contributed by atoms with van der Waals surface area (Å²) in [7, 11) is 1.96. The van der Waals surface area contributed by atoms with Gasteiger partial charge in [-0.2, -0.15) is 0 Å². The van der Waals surface area contributed by atoms with Gasteiger partial charge >= 0.3 is 0 Å². The summed E-state index contributed by atoms with van der Waals surface area (Å²) in [5.74, 6) is 0. The topological polar surface area (TPSA) is 12.0 Å². The highest BCUT2D eigenvalue weighted by molar-refractivity contribution is 9.10. The van der Waals surface area contributed by atoms with Gasteiger partial charge in [0.15, 0.2) is 0 Å². The number of nitrogens with one attached hydrogen (secondary N) is 1. The predicted molar refractivity (Wildman–Crippen MR) is 70.2 cm³/mol. The van der Waals surface area contributed by atoms with Crippen LogP contribution in [0.25, 0.3) is 0 Å². The summed E-state index contributed by atoms with van der Waals surface area (Å²) in [6, 6.07) is 4.65. The number of aryl methyl sites for hydroxylation is 2. The Kier molecular flexibility index (Phi) is 4.12. The maximum Gasteiger partial charge on any atom is 0.0528 e. The van der Waals surface area contributed by atoms with Crippen LogP contribution in [0.1, 0.15) is 29.7 Å². The molecule has 0 saturated heterocycles. The summed E-state index contributed by atoms with van der Waals surface area (Å²) in [5.41, 5.74) is 4.96. The largest absolute Gasteiger partial charge is 0.310 e. The second kappa shape index (κ2) is 4.95. The van der Waals surface area contributed by atoms with E-state index in [-0.39, 0.29) is 6.04 Å². The van der Waals surface area contributed by atoms with E-state index in [9.17, 15) is 0 Å². The zero-order chi connectivity index (χ0) is 11.6. The van der Waals surface area contributed by atoms with Gasteiger partial charge < -0.3 is 5.32 Å². The molecule has 1 unspecified atom stereocenters. The van der Waals surface area contributed by atoms with Gasteiger partial charge in [0.2, 0.25) is 0 Å². The molecular weight excluding hydrogens is 250 g/mol. The second-order valence-corrected chi connectivity index (χ2v) is 4.83. The van der Waals surface area contributed by atoms with Crippen LogP contribution in [0, 0.1) is 13.8 Å². The van der Waals surface area contributed by atoms with Crippen molar-refractivity contribution in [3.05, 3.63) is 45.4 Å². The predicted octanol–water partition coefficient (Wildman–Crippen LogP) is 3.90. The molecule has 0 radical (unpaired) electrons. The van der Waals surface area contributed by atoms with Crippen LogP contribution in [0.4, 0.5) is 0 Å². The van der Waals surface area contributed by atoms with Gasteiger partial charge in [-0.25, -0.2) is 0 Å². The molecule has 0 aliphatic rings. The fourth-order valence-electron chi connectivity index (χ4n) is 1.84. The lowest BCUT2D eigenvalue weighted by Crippen LogP contribution is -2.17. The van der Waals surface area contributed by atoms with Crippen molar-refractivity contribution in [3.8, 4) is 0 Å². The van der Waals surface area contributed by atoms with Crippen LogP contribution in [-0.2, 0) is 0 Å². The van der Waals surface area contributed by atoms with E-state index in [1.54, 1.807) is 0 Å². The summed E-state index contributed by atoms with van der Waals surface area (Å²) >= 11 is 3.58. The van der Waals surface area contributed by atoms with Gasteiger partial charge in [0.25, 0.3) is 0 Å². The van der Waals surface area contributed by atoms with Crippen LogP contribution in [0.5, 0.6) is 0 Å². The highest BCUT2D eigenvalue weighted by atomic mass is 79.9. The van der Waals surface area contributed by atoms with E-state index in [0.717, 1.165) is 5.57 Å². The average Bonchev–Trinajstić information content (AvgIpc) is 2.14. The number of hydrogen-bond donors (Lipinski definition) is 1. The van der Waals surface area contributed by atoms with Gasteiger partial charge in [0, 0.05) is 4.47 Å². The van der Waals surface area contributed by atoms with Crippen molar-refractivity contribution in [1.82, 2.24) is 5.32 Å². The SMILES string of the molecule is C=C(C)C(NC)c1cc(C)c(Br)c(C)c1. The minimum atomic E-state index is 0.246. The molecule has 1 aromatic carbocycles. The van der Waals surface area contributed by atoms with Crippen LogP contribution in [0.15, 0.2) is 28.8 Å². The summed E-state index contributed by atoms with van der Waals surface area (Å²) in [6.45, 7) is 10.3. The van der Waals surface area contributed by atoms with E-state index in [1.807, 2.05) is 14.0 Å². The van der Waals surface area contributed by atoms with Crippen molar-refractivity contribution in [3.63, 3.8) is 0 Å². The van der Waals surface area contributed by atoms with Crippen molar-refractivity contribution in [2.24, 2.45) is 0 Å². The van der Waals surface area contributed by atoms with Crippen LogP contribution in [0.2, 0.25) is 0 Å². The molecule has 1 N–H and O–H groups in total. The zero-order valence-electron chi connectivity index (χ0n) is 9.82. The number of hydrogen-bond acceptors (Lipinski definition) is 1. The minimum absolute atomic E-state index is 0.246. The Morgan fingerprint density at radius 3 is 2.13 bits per heavy atom. The molecule has 0 heterocycles. The maximum absolute atomic E-state index is 4.01. The Balaban J connectivity index is 3.20. The second-order valence-electron chi connectivity index (χ2n) is 4.04. The fourth-order valence-corrected chi connectivity index (χ4v) is 2.07. The number of halogens is 1. The van der Waals surface area contributed by atoms with E-state index >= 15 is 0 Å². The van der Waals surface area contributed by atoms with Crippen molar-refractivity contribution in [2.75, 3.05) is 7.05 Å². The number of rotatable bonds is 3. The van der Waals surface area contributed by atoms with E-state index in [1.165, 1.54) is 21.2 Å². The van der Waals surface area contributed by atoms with E-state index in [2.05, 4.69) is 53.8 Å². The quantitative estimate of drug-likeness (QED) is 0.820. The first-order valence-electron chi connectivity index (χ1n) is 5.06. The molecule has 0 aliphatic carbocycles. The molecule has 1 aromatic rings. The van der Waals surface area contributed by atoms with Gasteiger partial charge in [-0.1, -0.05) is 40.2 Å². The normalized spacial score (nSPS) is 12.6. The molecule has 0 amide bonds. The lowest BCUT2D eigenvalue weighted by Gasteiger charge is -2.18. The minimum Gasteiger partial charge on any atom is -0.310 e. The highest BCUT2D eigenvalue weighted by Crippen LogP contribution is 2.27. The summed E-state index contributed by atoms with van der Waals surface area (Å²) in [6.07, 6.45) is 0. The molecule has 1 nitrogen and oxygen atoms in total. The molecule has 15 heavy (non-hydrogen) atoms. The van der Waals surface area contributed by atoms with Crippen molar-refractivity contribution in [2.45, 2.75) is 26.8 Å². The average molecular weight is 268 g/mol. The van der Waals surface area contributed by atoms with E-state index in [0.29, 0.717) is 0 Å². The number of benzene rings is 1. The Hall–Kier alpha value is -0.600. The van der Waals surface area contributed by atoms with Crippen molar-refractivity contribution >= 4 is 15.9 Å². The molecule has 0 saturated carbocycles. The third-order valence-electron chi connectivity index (χ3n) is 2.57. The molecule has 1 rings (SSSR count). The first-order valence-corrected chi connectivity index (χ1v) is 5.86. The molecule has 0 aromatic heterocycles. The first-order chi connectivity index (χ1) is 6.97. The standard InChI is InChI=1S/C13H18BrN/c1-8(2)13(15-5)11-6-9(3)12(14)10(4)7-11/h6-7,13,15H,1H2,2-5H3. The third kappa shape index (κ3) is 2.70. The van der Waals surface area contributed by atoms with E-state index in [4.69, 9.17) is 0 Å². The van der Waals surface area contributed by atoms with E-state index < -0.39 is 0 Å². The summed E-state index contributed by atoms with van der Waals surface area (Å²) in [4.78, 5) is 0. The van der Waals surface area contributed by atoms with Gasteiger partial charge in [-0.05, 0) is 44.5 Å². The Bertz CT molecular complexity index is 359. The lowest BCUT2D eigenvalue weighted by molar-refractivity contribution is 0.678. The molecule has 0 bridgehead atoms. The van der Waals surface area contributed by atoms with Gasteiger partial charge in [-0.15, -0.1) is 0 Å². The van der Waals surface area contributed by atoms with Crippen molar-refractivity contribution < 1.29 is 0 Å². The Morgan fingerprint density at radius 1 is 1.33 bits per heavy atom. The molecule has 82 valence electrons. The fraction of sp³-hybridized carbons (Fsp3) is 0.385. The van der Waals surface area contributed by atoms with Crippen LogP contribution < -0.4 is 5.32 Å². The maximum atomic E-state index is 4.01. The molecule has 0 aliphatic heterocycles. The third-order valence-corrected chi connectivity index (χ3v) is 3.82. The molecule has 1 atom stereocenters. The highest BCUT2D eigenvalue weighted by Gasteiger charge is 2.11. The molecule has 2 heteroatoms. The first kappa shape index (κ1) is 12.5. The number of likely N-dealkylation sites (N-methyl/N-ethyl adjacent to an activating group) is 1. The Labute approximate surface area is 101 Å². The van der Waals surface area contributed by atoms with Gasteiger partial charge in [-0.3, -0.25) is 0 Å². The van der Waals surface area contributed by atoms with Crippen LogP contribution >= 0.6 is 15.9 Å².